The van der Waals surface area contributed by atoms with Gasteiger partial charge in [0.1, 0.15) is 5.01 Å². The molecular formula is C16H21NOS2. The first-order valence-electron chi connectivity index (χ1n) is 6.89. The first kappa shape index (κ1) is 15.5. The molecule has 1 aromatic heterocycles. The molecule has 108 valence electrons. The molecule has 0 aliphatic carbocycles. The van der Waals surface area contributed by atoms with Gasteiger partial charge in [0.05, 0.1) is 11.8 Å². The molecule has 2 aromatic rings. The molecule has 0 aliphatic heterocycles. The van der Waals surface area contributed by atoms with E-state index in [9.17, 15) is 5.11 Å². The van der Waals surface area contributed by atoms with Crippen LogP contribution in [0.3, 0.4) is 0 Å². The van der Waals surface area contributed by atoms with E-state index in [2.05, 4.69) is 24.2 Å². The highest BCUT2D eigenvalue weighted by atomic mass is 32.2. The van der Waals surface area contributed by atoms with Gasteiger partial charge in [0.2, 0.25) is 0 Å². The highest BCUT2D eigenvalue weighted by Crippen LogP contribution is 2.22. The van der Waals surface area contributed by atoms with Crippen molar-refractivity contribution in [2.75, 3.05) is 5.75 Å². The molecule has 4 heteroatoms. The number of hydrogen-bond donors (Lipinski definition) is 1. The molecule has 1 atom stereocenters. The van der Waals surface area contributed by atoms with Gasteiger partial charge < -0.3 is 5.11 Å². The Balaban J connectivity index is 1.86. The number of nitrogens with zero attached hydrogens (tertiary/aromatic N) is 1. The van der Waals surface area contributed by atoms with Crippen molar-refractivity contribution >= 4 is 23.1 Å². The molecule has 0 aliphatic rings. The van der Waals surface area contributed by atoms with Crippen LogP contribution in [-0.4, -0.2) is 15.8 Å². The number of rotatable bonds is 7. The summed E-state index contributed by atoms with van der Waals surface area (Å²) >= 11 is 3.62. The average molecular weight is 307 g/mol. The van der Waals surface area contributed by atoms with Crippen LogP contribution in [0, 0.1) is 5.92 Å². The third-order valence-electron chi connectivity index (χ3n) is 2.86. The fourth-order valence-electron chi connectivity index (χ4n) is 1.88. The number of aliphatic hydroxyl groups is 1. The van der Waals surface area contributed by atoms with Gasteiger partial charge in [0.25, 0.3) is 0 Å². The molecular weight excluding hydrogens is 286 g/mol. The van der Waals surface area contributed by atoms with Crippen molar-refractivity contribution in [3.8, 4) is 0 Å². The van der Waals surface area contributed by atoms with Gasteiger partial charge in [-0.2, -0.15) is 11.8 Å². The van der Waals surface area contributed by atoms with E-state index in [1.54, 1.807) is 11.3 Å². The van der Waals surface area contributed by atoms with Gasteiger partial charge in [-0.3, -0.25) is 0 Å². The minimum atomic E-state index is -0.463. The van der Waals surface area contributed by atoms with Crippen LogP contribution in [0.15, 0.2) is 35.7 Å². The Morgan fingerprint density at radius 3 is 2.70 bits per heavy atom. The maximum Gasteiger partial charge on any atom is 0.103 e. The highest BCUT2D eigenvalue weighted by molar-refractivity contribution is 7.98. The van der Waals surface area contributed by atoms with Gasteiger partial charge in [0.15, 0.2) is 0 Å². The second-order valence-corrected chi connectivity index (χ2v) is 7.25. The zero-order valence-electron chi connectivity index (χ0n) is 12.0. The lowest BCUT2D eigenvalue weighted by Crippen LogP contribution is -2.02. The van der Waals surface area contributed by atoms with E-state index in [4.69, 9.17) is 0 Å². The first-order chi connectivity index (χ1) is 9.65. The van der Waals surface area contributed by atoms with Crippen LogP contribution in [-0.2, 0) is 12.2 Å². The number of thiazole rings is 1. The van der Waals surface area contributed by atoms with Gasteiger partial charge in [0, 0.05) is 17.6 Å². The van der Waals surface area contributed by atoms with Crippen molar-refractivity contribution in [1.82, 2.24) is 4.98 Å². The standard InChI is InChI=1S/C16H21NOS2/c1-12(2)9-19-11-16-17-14(10-20-16)8-15(18)13-6-4-3-5-7-13/h3-7,10,12,15,18H,8-9,11H2,1-2H3. The number of benzene rings is 1. The maximum atomic E-state index is 10.2. The van der Waals surface area contributed by atoms with Crippen molar-refractivity contribution in [1.29, 1.82) is 0 Å². The average Bonchev–Trinajstić information content (AvgIpc) is 2.87. The topological polar surface area (TPSA) is 33.1 Å². The van der Waals surface area contributed by atoms with Crippen molar-refractivity contribution in [3.05, 3.63) is 52.0 Å². The molecule has 2 rings (SSSR count). The molecule has 0 amide bonds. The summed E-state index contributed by atoms with van der Waals surface area (Å²) in [6, 6.07) is 9.77. The van der Waals surface area contributed by atoms with Crippen molar-refractivity contribution in [3.63, 3.8) is 0 Å². The highest BCUT2D eigenvalue weighted by Gasteiger charge is 2.11. The van der Waals surface area contributed by atoms with E-state index in [-0.39, 0.29) is 0 Å². The third kappa shape index (κ3) is 4.93. The van der Waals surface area contributed by atoms with Crippen LogP contribution in [0.4, 0.5) is 0 Å². The number of aliphatic hydroxyl groups excluding tert-OH is 1. The second kappa shape index (κ2) is 7.81. The Kier molecular flexibility index (Phi) is 6.07. The lowest BCUT2D eigenvalue weighted by atomic mass is 10.1. The molecule has 0 saturated heterocycles. The summed E-state index contributed by atoms with van der Waals surface area (Å²) in [4.78, 5) is 4.61. The smallest absolute Gasteiger partial charge is 0.103 e. The Bertz CT molecular complexity index is 510. The van der Waals surface area contributed by atoms with E-state index in [1.807, 2.05) is 42.1 Å². The fourth-order valence-corrected chi connectivity index (χ4v) is 3.82. The predicted octanol–water partition coefficient (Wildman–Crippen LogP) is 4.31. The molecule has 1 aromatic carbocycles. The fraction of sp³-hybridized carbons (Fsp3) is 0.438. The normalized spacial score (nSPS) is 12.8. The van der Waals surface area contributed by atoms with Crippen LogP contribution < -0.4 is 0 Å². The quantitative estimate of drug-likeness (QED) is 0.827. The van der Waals surface area contributed by atoms with Crippen molar-refractivity contribution < 1.29 is 5.11 Å². The van der Waals surface area contributed by atoms with Gasteiger partial charge in [-0.1, -0.05) is 44.2 Å². The second-order valence-electron chi connectivity index (χ2n) is 5.27. The molecule has 1 unspecified atom stereocenters. The Labute approximate surface area is 129 Å². The molecule has 0 radical (unpaired) electrons. The minimum absolute atomic E-state index is 0.463. The SMILES string of the molecule is CC(C)CSCc1nc(CC(O)c2ccccc2)cs1. The van der Waals surface area contributed by atoms with Crippen LogP contribution in [0.1, 0.15) is 36.2 Å². The van der Waals surface area contributed by atoms with Crippen molar-refractivity contribution in [2.45, 2.75) is 32.1 Å². The molecule has 0 saturated carbocycles. The van der Waals surface area contributed by atoms with Crippen LogP contribution in [0.25, 0.3) is 0 Å². The molecule has 2 nitrogen and oxygen atoms in total. The van der Waals surface area contributed by atoms with E-state index in [1.165, 1.54) is 5.75 Å². The molecule has 0 spiro atoms. The van der Waals surface area contributed by atoms with Crippen LogP contribution in [0.2, 0.25) is 0 Å². The molecule has 20 heavy (non-hydrogen) atoms. The predicted molar refractivity (Wildman–Crippen MR) is 88.2 cm³/mol. The molecule has 1 heterocycles. The van der Waals surface area contributed by atoms with Gasteiger partial charge in [-0.15, -0.1) is 11.3 Å². The number of aromatic nitrogens is 1. The van der Waals surface area contributed by atoms with E-state index in [0.717, 1.165) is 27.9 Å². The minimum Gasteiger partial charge on any atom is -0.388 e. The van der Waals surface area contributed by atoms with Gasteiger partial charge in [-0.25, -0.2) is 4.98 Å². The Hall–Kier alpha value is -0.840. The summed E-state index contributed by atoms with van der Waals surface area (Å²) in [7, 11) is 0. The summed E-state index contributed by atoms with van der Waals surface area (Å²) in [5.74, 6) is 2.87. The van der Waals surface area contributed by atoms with E-state index in [0.29, 0.717) is 6.42 Å². The van der Waals surface area contributed by atoms with E-state index >= 15 is 0 Å². The number of hydrogen-bond acceptors (Lipinski definition) is 4. The monoisotopic (exact) mass is 307 g/mol. The summed E-state index contributed by atoms with van der Waals surface area (Å²) < 4.78 is 0. The lowest BCUT2D eigenvalue weighted by Gasteiger charge is -2.08. The summed E-state index contributed by atoms with van der Waals surface area (Å²) in [6.07, 6.45) is 0.129. The third-order valence-corrected chi connectivity index (χ3v) is 5.32. The van der Waals surface area contributed by atoms with Gasteiger partial charge in [-0.05, 0) is 17.2 Å². The zero-order valence-corrected chi connectivity index (χ0v) is 13.6. The summed E-state index contributed by atoms with van der Waals surface area (Å²) in [5, 5.41) is 13.4. The van der Waals surface area contributed by atoms with E-state index < -0.39 is 6.10 Å². The Morgan fingerprint density at radius 1 is 1.25 bits per heavy atom. The maximum absolute atomic E-state index is 10.2. The molecule has 0 fully saturated rings. The first-order valence-corrected chi connectivity index (χ1v) is 8.92. The van der Waals surface area contributed by atoms with Crippen LogP contribution >= 0.6 is 23.1 Å². The Morgan fingerprint density at radius 2 is 2.00 bits per heavy atom. The zero-order chi connectivity index (χ0) is 14.4. The summed E-state index contributed by atoms with van der Waals surface area (Å²) in [5.41, 5.74) is 1.95. The van der Waals surface area contributed by atoms with Gasteiger partial charge >= 0.3 is 0 Å². The van der Waals surface area contributed by atoms with Crippen molar-refractivity contribution in [2.24, 2.45) is 5.92 Å². The number of thioether (sulfide) groups is 1. The largest absolute Gasteiger partial charge is 0.388 e. The molecule has 1 N–H and O–H groups in total. The lowest BCUT2D eigenvalue weighted by molar-refractivity contribution is 0.177. The summed E-state index contributed by atoms with van der Waals surface area (Å²) in [6.45, 7) is 4.47. The van der Waals surface area contributed by atoms with Crippen LogP contribution in [0.5, 0.6) is 0 Å². The molecule has 0 bridgehead atoms.